The van der Waals surface area contributed by atoms with Crippen molar-refractivity contribution >= 4 is 17.6 Å². The van der Waals surface area contributed by atoms with E-state index in [-0.39, 0.29) is 11.8 Å². The SMILES string of the molecule is CC(=O)NCc1ccc(C(=O)N2CCN(c3cnccn3)CC2)cc1. The molecule has 0 atom stereocenters. The molecule has 7 heteroatoms. The van der Waals surface area contributed by atoms with Crippen molar-refractivity contribution in [3.8, 4) is 0 Å². The third kappa shape index (κ3) is 4.32. The van der Waals surface area contributed by atoms with Gasteiger partial charge in [0.1, 0.15) is 5.82 Å². The van der Waals surface area contributed by atoms with Crippen LogP contribution in [-0.4, -0.2) is 52.9 Å². The van der Waals surface area contributed by atoms with Gasteiger partial charge < -0.3 is 15.1 Å². The van der Waals surface area contributed by atoms with Gasteiger partial charge in [-0.25, -0.2) is 4.98 Å². The maximum absolute atomic E-state index is 12.6. The lowest BCUT2D eigenvalue weighted by Gasteiger charge is -2.35. The van der Waals surface area contributed by atoms with Crippen LogP contribution in [0.3, 0.4) is 0 Å². The Morgan fingerprint density at radius 3 is 2.40 bits per heavy atom. The van der Waals surface area contributed by atoms with Crippen LogP contribution < -0.4 is 10.2 Å². The summed E-state index contributed by atoms with van der Waals surface area (Å²) in [5.74, 6) is 0.808. The van der Waals surface area contributed by atoms with Crippen LogP contribution in [0.4, 0.5) is 5.82 Å². The molecule has 3 rings (SSSR count). The van der Waals surface area contributed by atoms with E-state index in [1.54, 1.807) is 18.6 Å². The first-order valence-electron chi connectivity index (χ1n) is 8.27. The van der Waals surface area contributed by atoms with Gasteiger partial charge in [0.25, 0.3) is 5.91 Å². The predicted molar refractivity (Wildman–Crippen MR) is 94.1 cm³/mol. The van der Waals surface area contributed by atoms with Crippen LogP contribution in [0.5, 0.6) is 0 Å². The second-order valence-electron chi connectivity index (χ2n) is 5.95. The van der Waals surface area contributed by atoms with E-state index in [4.69, 9.17) is 0 Å². The number of anilines is 1. The molecule has 1 saturated heterocycles. The topological polar surface area (TPSA) is 78.4 Å². The minimum absolute atomic E-state index is 0.0323. The molecule has 2 aromatic rings. The first kappa shape index (κ1) is 16.9. The Morgan fingerprint density at radius 1 is 1.08 bits per heavy atom. The van der Waals surface area contributed by atoms with Crippen molar-refractivity contribution in [3.05, 3.63) is 54.0 Å². The molecule has 1 fully saturated rings. The smallest absolute Gasteiger partial charge is 0.253 e. The average molecular weight is 339 g/mol. The van der Waals surface area contributed by atoms with Crippen molar-refractivity contribution in [1.82, 2.24) is 20.2 Å². The highest BCUT2D eigenvalue weighted by Crippen LogP contribution is 2.14. The Balaban J connectivity index is 1.56. The number of aromatic nitrogens is 2. The Labute approximate surface area is 146 Å². The molecule has 1 aliphatic rings. The zero-order valence-electron chi connectivity index (χ0n) is 14.2. The van der Waals surface area contributed by atoms with E-state index in [9.17, 15) is 9.59 Å². The van der Waals surface area contributed by atoms with Crippen molar-refractivity contribution in [3.63, 3.8) is 0 Å². The monoisotopic (exact) mass is 339 g/mol. The van der Waals surface area contributed by atoms with Gasteiger partial charge in [-0.2, -0.15) is 0 Å². The summed E-state index contributed by atoms with van der Waals surface area (Å²) in [7, 11) is 0. The highest BCUT2D eigenvalue weighted by Gasteiger charge is 2.22. The standard InChI is InChI=1S/C18H21N5O2/c1-14(24)21-12-15-2-4-16(5-3-15)18(25)23-10-8-22(9-11-23)17-13-19-6-7-20-17/h2-7,13H,8-12H2,1H3,(H,21,24). The average Bonchev–Trinajstić information content (AvgIpc) is 2.67. The highest BCUT2D eigenvalue weighted by atomic mass is 16.2. The summed E-state index contributed by atoms with van der Waals surface area (Å²) < 4.78 is 0. The van der Waals surface area contributed by atoms with Crippen molar-refractivity contribution in [2.45, 2.75) is 13.5 Å². The maximum atomic E-state index is 12.6. The van der Waals surface area contributed by atoms with Crippen LogP contribution in [0.2, 0.25) is 0 Å². The first-order valence-corrected chi connectivity index (χ1v) is 8.27. The number of benzene rings is 1. The fourth-order valence-electron chi connectivity index (χ4n) is 2.77. The number of carbonyl (C=O) groups excluding carboxylic acids is 2. The summed E-state index contributed by atoms with van der Waals surface area (Å²) in [6.07, 6.45) is 5.07. The van der Waals surface area contributed by atoms with Crippen LogP contribution in [0.1, 0.15) is 22.8 Å². The quantitative estimate of drug-likeness (QED) is 0.902. The third-order valence-electron chi connectivity index (χ3n) is 4.18. The van der Waals surface area contributed by atoms with Gasteiger partial charge in [0, 0.05) is 57.6 Å². The Hall–Kier alpha value is -2.96. The minimum atomic E-state index is -0.0684. The van der Waals surface area contributed by atoms with Gasteiger partial charge in [0.05, 0.1) is 6.20 Å². The van der Waals surface area contributed by atoms with E-state index in [2.05, 4.69) is 20.2 Å². The molecule has 1 aliphatic heterocycles. The molecule has 25 heavy (non-hydrogen) atoms. The number of nitrogens with one attached hydrogen (secondary N) is 1. The van der Waals surface area contributed by atoms with Crippen LogP contribution in [0, 0.1) is 0 Å². The van der Waals surface area contributed by atoms with Gasteiger partial charge in [-0.3, -0.25) is 14.6 Å². The zero-order chi connectivity index (χ0) is 17.6. The second-order valence-corrected chi connectivity index (χ2v) is 5.95. The number of carbonyl (C=O) groups is 2. The number of rotatable bonds is 4. The Morgan fingerprint density at radius 2 is 1.80 bits per heavy atom. The molecule has 0 bridgehead atoms. The summed E-state index contributed by atoms with van der Waals surface area (Å²) >= 11 is 0. The molecular weight excluding hydrogens is 318 g/mol. The number of hydrogen-bond acceptors (Lipinski definition) is 5. The normalized spacial score (nSPS) is 14.3. The highest BCUT2D eigenvalue weighted by molar-refractivity contribution is 5.94. The van der Waals surface area contributed by atoms with Crippen LogP contribution in [0.25, 0.3) is 0 Å². The van der Waals surface area contributed by atoms with Gasteiger partial charge in [-0.05, 0) is 17.7 Å². The van der Waals surface area contributed by atoms with Crippen LogP contribution >= 0.6 is 0 Å². The summed E-state index contributed by atoms with van der Waals surface area (Å²) in [5.41, 5.74) is 1.64. The summed E-state index contributed by atoms with van der Waals surface area (Å²) in [6.45, 7) is 4.75. The van der Waals surface area contributed by atoms with Gasteiger partial charge in [0.2, 0.25) is 5.91 Å². The lowest BCUT2D eigenvalue weighted by molar-refractivity contribution is -0.119. The molecule has 7 nitrogen and oxygen atoms in total. The van der Waals surface area contributed by atoms with Crippen molar-refractivity contribution < 1.29 is 9.59 Å². The van der Waals surface area contributed by atoms with E-state index in [0.29, 0.717) is 25.2 Å². The summed E-state index contributed by atoms with van der Waals surface area (Å²) in [6, 6.07) is 7.38. The fraction of sp³-hybridized carbons (Fsp3) is 0.333. The fourth-order valence-corrected chi connectivity index (χ4v) is 2.77. The molecule has 0 saturated carbocycles. The zero-order valence-corrected chi connectivity index (χ0v) is 14.2. The molecule has 130 valence electrons. The molecule has 0 spiro atoms. The van der Waals surface area contributed by atoms with Gasteiger partial charge in [0.15, 0.2) is 0 Å². The van der Waals surface area contributed by atoms with E-state index in [1.807, 2.05) is 29.2 Å². The van der Waals surface area contributed by atoms with Gasteiger partial charge >= 0.3 is 0 Å². The van der Waals surface area contributed by atoms with Crippen molar-refractivity contribution in [2.75, 3.05) is 31.1 Å². The molecular formula is C18H21N5O2. The van der Waals surface area contributed by atoms with Gasteiger partial charge in [-0.15, -0.1) is 0 Å². The number of nitrogens with zero attached hydrogens (tertiary/aromatic N) is 4. The lowest BCUT2D eigenvalue weighted by Crippen LogP contribution is -2.49. The van der Waals surface area contributed by atoms with Gasteiger partial charge in [-0.1, -0.05) is 12.1 Å². The minimum Gasteiger partial charge on any atom is -0.352 e. The van der Waals surface area contributed by atoms with Crippen LogP contribution in [0.15, 0.2) is 42.9 Å². The lowest BCUT2D eigenvalue weighted by atomic mass is 10.1. The second kappa shape index (κ2) is 7.74. The largest absolute Gasteiger partial charge is 0.352 e. The van der Waals surface area contributed by atoms with Crippen molar-refractivity contribution in [2.24, 2.45) is 0 Å². The maximum Gasteiger partial charge on any atom is 0.253 e. The molecule has 1 aromatic carbocycles. The molecule has 0 radical (unpaired) electrons. The Bertz CT molecular complexity index is 725. The third-order valence-corrected chi connectivity index (χ3v) is 4.18. The molecule has 0 unspecified atom stereocenters. The Kier molecular flexibility index (Phi) is 5.23. The van der Waals surface area contributed by atoms with E-state index in [1.165, 1.54) is 6.92 Å². The summed E-state index contributed by atoms with van der Waals surface area (Å²) in [4.78, 5) is 35.9. The molecule has 2 heterocycles. The van der Waals surface area contributed by atoms with Crippen molar-refractivity contribution in [1.29, 1.82) is 0 Å². The summed E-state index contributed by atoms with van der Waals surface area (Å²) in [5, 5.41) is 2.74. The van der Waals surface area contributed by atoms with E-state index < -0.39 is 0 Å². The molecule has 2 amide bonds. The predicted octanol–water partition coefficient (Wildman–Crippen LogP) is 1.08. The van der Waals surface area contributed by atoms with E-state index in [0.717, 1.165) is 24.5 Å². The van der Waals surface area contributed by atoms with E-state index >= 15 is 0 Å². The molecule has 1 aromatic heterocycles. The number of hydrogen-bond donors (Lipinski definition) is 1. The first-order chi connectivity index (χ1) is 12.1. The molecule has 1 N–H and O–H groups in total. The number of piperazine rings is 1. The van der Waals surface area contributed by atoms with Crippen LogP contribution in [-0.2, 0) is 11.3 Å². The molecule has 0 aliphatic carbocycles. The number of amides is 2.